The average Bonchev–Trinajstić information content (AvgIpc) is 2.29. The van der Waals surface area contributed by atoms with Crippen molar-refractivity contribution in [1.82, 2.24) is 0 Å². The van der Waals surface area contributed by atoms with E-state index in [1.165, 1.54) is 6.92 Å². The van der Waals surface area contributed by atoms with Crippen molar-refractivity contribution in [2.45, 2.75) is 27.2 Å². The molecule has 0 radical (unpaired) electrons. The van der Waals surface area contributed by atoms with E-state index in [1.54, 1.807) is 25.1 Å². The number of ether oxygens (including phenoxy) is 2. The van der Waals surface area contributed by atoms with E-state index in [4.69, 9.17) is 9.47 Å². The highest BCUT2D eigenvalue weighted by molar-refractivity contribution is 5.95. The Morgan fingerprint density at radius 2 is 1.89 bits per heavy atom. The zero-order valence-corrected chi connectivity index (χ0v) is 11.0. The molecule has 4 heteroatoms. The first-order valence-electron chi connectivity index (χ1n) is 6.01. The molecule has 0 amide bonds. The van der Waals surface area contributed by atoms with Gasteiger partial charge in [-0.3, -0.25) is 4.79 Å². The fourth-order valence-electron chi connectivity index (χ4n) is 1.70. The second-order valence-corrected chi connectivity index (χ2v) is 3.82. The van der Waals surface area contributed by atoms with E-state index in [2.05, 4.69) is 0 Å². The molecule has 0 aromatic heterocycles. The minimum Gasteiger partial charge on any atom is -0.493 e. The number of esters is 1. The predicted octanol–water partition coefficient (Wildman–Crippen LogP) is 2.39. The van der Waals surface area contributed by atoms with Gasteiger partial charge in [0.05, 0.1) is 13.2 Å². The van der Waals surface area contributed by atoms with E-state index >= 15 is 0 Å². The minimum atomic E-state index is -0.446. The van der Waals surface area contributed by atoms with Gasteiger partial charge in [-0.2, -0.15) is 0 Å². The van der Waals surface area contributed by atoms with Crippen LogP contribution in [0.5, 0.6) is 5.75 Å². The molecular formula is C14H18O4. The van der Waals surface area contributed by atoms with Gasteiger partial charge in [0.2, 0.25) is 0 Å². The monoisotopic (exact) mass is 250 g/mol. The quantitative estimate of drug-likeness (QED) is 0.727. The van der Waals surface area contributed by atoms with Gasteiger partial charge < -0.3 is 9.47 Å². The van der Waals surface area contributed by atoms with Crippen molar-refractivity contribution in [3.05, 3.63) is 29.3 Å². The van der Waals surface area contributed by atoms with E-state index in [1.807, 2.05) is 6.92 Å². The van der Waals surface area contributed by atoms with Crippen molar-refractivity contribution < 1.29 is 19.1 Å². The Balaban J connectivity index is 3.19. The lowest BCUT2D eigenvalue weighted by Crippen LogP contribution is -2.12. The fourth-order valence-corrected chi connectivity index (χ4v) is 1.70. The third kappa shape index (κ3) is 3.58. The van der Waals surface area contributed by atoms with Gasteiger partial charge in [0, 0.05) is 6.42 Å². The number of ketones is 1. The van der Waals surface area contributed by atoms with Crippen molar-refractivity contribution in [2.75, 3.05) is 13.2 Å². The topological polar surface area (TPSA) is 52.6 Å². The number of carbonyl (C=O) groups is 2. The van der Waals surface area contributed by atoms with Crippen LogP contribution in [0.3, 0.4) is 0 Å². The summed E-state index contributed by atoms with van der Waals surface area (Å²) < 4.78 is 10.4. The molecule has 1 aromatic rings. The van der Waals surface area contributed by atoms with Crippen LogP contribution in [0.4, 0.5) is 0 Å². The molecule has 0 fully saturated rings. The summed E-state index contributed by atoms with van der Waals surface area (Å²) in [5.41, 5.74) is 1.00. The summed E-state index contributed by atoms with van der Waals surface area (Å²) in [7, 11) is 0. The third-order valence-electron chi connectivity index (χ3n) is 2.33. The SMILES string of the molecule is CCOC(=O)c1c(CC(C)=O)cccc1OCC. The molecule has 0 bridgehead atoms. The number of hydrogen-bond donors (Lipinski definition) is 0. The smallest absolute Gasteiger partial charge is 0.342 e. The van der Waals surface area contributed by atoms with Crippen LogP contribution in [0.1, 0.15) is 36.7 Å². The molecule has 0 N–H and O–H groups in total. The third-order valence-corrected chi connectivity index (χ3v) is 2.33. The molecular weight excluding hydrogens is 232 g/mol. The summed E-state index contributed by atoms with van der Waals surface area (Å²) in [6.07, 6.45) is 0.203. The molecule has 1 rings (SSSR count). The Bertz CT molecular complexity index is 437. The second kappa shape index (κ2) is 6.79. The van der Waals surface area contributed by atoms with Crippen LogP contribution in [-0.4, -0.2) is 25.0 Å². The van der Waals surface area contributed by atoms with Gasteiger partial charge in [-0.25, -0.2) is 4.79 Å². The summed E-state index contributed by atoms with van der Waals surface area (Å²) in [5, 5.41) is 0. The molecule has 0 atom stereocenters. The first-order chi connectivity index (χ1) is 8.60. The van der Waals surface area contributed by atoms with Gasteiger partial charge in [-0.15, -0.1) is 0 Å². The number of hydrogen-bond acceptors (Lipinski definition) is 4. The highest BCUT2D eigenvalue weighted by Gasteiger charge is 2.19. The maximum absolute atomic E-state index is 11.9. The maximum atomic E-state index is 11.9. The molecule has 4 nitrogen and oxygen atoms in total. The lowest BCUT2D eigenvalue weighted by molar-refractivity contribution is -0.116. The van der Waals surface area contributed by atoms with Crippen molar-refractivity contribution >= 4 is 11.8 Å². The number of carbonyl (C=O) groups excluding carboxylic acids is 2. The normalized spacial score (nSPS) is 9.94. The summed E-state index contributed by atoms with van der Waals surface area (Å²) in [4.78, 5) is 23.2. The number of benzene rings is 1. The van der Waals surface area contributed by atoms with Crippen LogP contribution in [-0.2, 0) is 16.0 Å². The zero-order chi connectivity index (χ0) is 13.5. The molecule has 1 aromatic carbocycles. The van der Waals surface area contributed by atoms with Crippen molar-refractivity contribution in [2.24, 2.45) is 0 Å². The molecule has 0 heterocycles. The van der Waals surface area contributed by atoms with Crippen molar-refractivity contribution in [3.63, 3.8) is 0 Å². The Morgan fingerprint density at radius 1 is 1.17 bits per heavy atom. The van der Waals surface area contributed by atoms with Crippen molar-refractivity contribution in [1.29, 1.82) is 0 Å². The highest BCUT2D eigenvalue weighted by Crippen LogP contribution is 2.24. The summed E-state index contributed by atoms with van der Waals surface area (Å²) in [6, 6.07) is 5.22. The molecule has 18 heavy (non-hydrogen) atoms. The Labute approximate surface area is 107 Å². The van der Waals surface area contributed by atoms with E-state index in [0.717, 1.165) is 0 Å². The Hall–Kier alpha value is -1.84. The van der Waals surface area contributed by atoms with Crippen LogP contribution in [0.15, 0.2) is 18.2 Å². The predicted molar refractivity (Wildman–Crippen MR) is 68.0 cm³/mol. The van der Waals surface area contributed by atoms with E-state index in [-0.39, 0.29) is 12.2 Å². The lowest BCUT2D eigenvalue weighted by Gasteiger charge is -2.13. The summed E-state index contributed by atoms with van der Waals surface area (Å²) >= 11 is 0. The number of rotatable bonds is 6. The Kier molecular flexibility index (Phi) is 5.36. The standard InChI is InChI=1S/C14H18O4/c1-4-17-12-8-6-7-11(9-10(3)15)13(12)14(16)18-5-2/h6-8H,4-5,9H2,1-3H3. The van der Waals surface area contributed by atoms with Crippen LogP contribution < -0.4 is 4.74 Å². The number of Topliss-reactive ketones (excluding diaryl/α,β-unsaturated/α-hetero) is 1. The molecule has 98 valence electrons. The van der Waals surface area contributed by atoms with Gasteiger partial charge in [0.1, 0.15) is 17.1 Å². The second-order valence-electron chi connectivity index (χ2n) is 3.82. The molecule has 0 aliphatic carbocycles. The molecule has 0 saturated carbocycles. The molecule has 0 aliphatic rings. The lowest BCUT2D eigenvalue weighted by atomic mass is 10.0. The summed E-state index contributed by atoms with van der Waals surface area (Å²) in [5.74, 6) is 0.0155. The van der Waals surface area contributed by atoms with E-state index in [0.29, 0.717) is 30.1 Å². The summed E-state index contributed by atoms with van der Waals surface area (Å²) in [6.45, 7) is 5.81. The molecule has 0 spiro atoms. The van der Waals surface area contributed by atoms with Gasteiger partial charge >= 0.3 is 5.97 Å². The van der Waals surface area contributed by atoms with Crippen LogP contribution in [0.25, 0.3) is 0 Å². The molecule has 0 unspecified atom stereocenters. The largest absolute Gasteiger partial charge is 0.493 e. The van der Waals surface area contributed by atoms with Gasteiger partial charge in [0.15, 0.2) is 0 Å². The minimum absolute atomic E-state index is 0.00537. The van der Waals surface area contributed by atoms with Crippen LogP contribution >= 0.6 is 0 Å². The average molecular weight is 250 g/mol. The first kappa shape index (κ1) is 14.2. The molecule has 0 aliphatic heterocycles. The highest BCUT2D eigenvalue weighted by atomic mass is 16.5. The van der Waals surface area contributed by atoms with E-state index in [9.17, 15) is 9.59 Å². The van der Waals surface area contributed by atoms with Crippen LogP contribution in [0.2, 0.25) is 0 Å². The van der Waals surface area contributed by atoms with Crippen LogP contribution in [0, 0.1) is 0 Å². The Morgan fingerprint density at radius 3 is 2.44 bits per heavy atom. The fraction of sp³-hybridized carbons (Fsp3) is 0.429. The molecule has 0 saturated heterocycles. The van der Waals surface area contributed by atoms with E-state index < -0.39 is 5.97 Å². The first-order valence-corrected chi connectivity index (χ1v) is 6.01. The maximum Gasteiger partial charge on any atom is 0.342 e. The van der Waals surface area contributed by atoms with Gasteiger partial charge in [-0.05, 0) is 32.4 Å². The van der Waals surface area contributed by atoms with Gasteiger partial charge in [0.25, 0.3) is 0 Å². The van der Waals surface area contributed by atoms with Gasteiger partial charge in [-0.1, -0.05) is 12.1 Å². The zero-order valence-electron chi connectivity index (χ0n) is 11.0. The van der Waals surface area contributed by atoms with Crippen molar-refractivity contribution in [3.8, 4) is 5.75 Å².